The Balaban J connectivity index is 0.817. The lowest BCUT2D eigenvalue weighted by atomic mass is 9.99. The van der Waals surface area contributed by atoms with Gasteiger partial charge in [-0.15, -0.1) is 32.9 Å². The van der Waals surface area contributed by atoms with Gasteiger partial charge in [0.1, 0.15) is 41.3 Å². The van der Waals surface area contributed by atoms with Crippen LogP contribution in [-0.4, -0.2) is 94.8 Å². The van der Waals surface area contributed by atoms with Gasteiger partial charge in [-0.1, -0.05) is 74.0 Å². The van der Waals surface area contributed by atoms with E-state index in [1.807, 2.05) is 117 Å². The number of thiazole rings is 1. The van der Waals surface area contributed by atoms with E-state index >= 15 is 0 Å². The van der Waals surface area contributed by atoms with Crippen LogP contribution in [0.3, 0.4) is 0 Å². The number of benzene rings is 3. The third-order valence-electron chi connectivity index (χ3n) is 12.7. The van der Waals surface area contributed by atoms with E-state index in [0.29, 0.717) is 16.6 Å². The maximum atomic E-state index is 14.3. The summed E-state index contributed by atoms with van der Waals surface area (Å²) < 4.78 is 9.78. The maximum absolute atomic E-state index is 14.3. The van der Waals surface area contributed by atoms with E-state index in [1.54, 1.807) is 33.6 Å². The topological polar surface area (TPSA) is 182 Å². The van der Waals surface area contributed by atoms with E-state index in [9.17, 15) is 19.5 Å². The Morgan fingerprint density at radius 3 is 2.45 bits per heavy atom. The number of aliphatic imine (C=N–C) groups is 1. The molecule has 69 heavy (non-hydrogen) atoms. The monoisotopic (exact) mass is 984 g/mol. The smallest absolute Gasteiger partial charge is 0.248 e. The zero-order chi connectivity index (χ0) is 48.5. The molecule has 0 saturated carbocycles. The van der Waals surface area contributed by atoms with Crippen LogP contribution in [-0.2, 0) is 20.9 Å². The van der Waals surface area contributed by atoms with Crippen molar-refractivity contribution in [2.75, 3.05) is 19.7 Å². The first kappa shape index (κ1) is 47.5. The number of aromatic nitrogens is 6. The van der Waals surface area contributed by atoms with Gasteiger partial charge in [0.25, 0.3) is 0 Å². The highest BCUT2D eigenvalue weighted by Crippen LogP contribution is 2.40. The zero-order valence-corrected chi connectivity index (χ0v) is 41.5. The number of likely N-dealkylation sites (tertiary alicyclic amines) is 1. The van der Waals surface area contributed by atoms with Crippen molar-refractivity contribution in [2.45, 2.75) is 85.2 Å². The Morgan fingerprint density at radius 1 is 0.942 bits per heavy atom. The number of carbonyl (C=O) groups excluding carboxylic acids is 3. The van der Waals surface area contributed by atoms with E-state index in [0.717, 1.165) is 66.1 Å². The number of carbonyl (C=O) groups is 3. The second-order valence-electron chi connectivity index (χ2n) is 17.8. The first-order valence-electron chi connectivity index (χ1n) is 22.9. The van der Waals surface area contributed by atoms with Crippen LogP contribution in [0.5, 0.6) is 5.75 Å². The fraction of sp³-hybridized carbons (Fsp3) is 0.333. The summed E-state index contributed by atoms with van der Waals surface area (Å²) in [6.45, 7) is 12.7. The standard InChI is InChI=1S/C51H53ClN10O5S2/c1-28(2)46(50(66)60-26-39(63)21-42(60)49(65)54-23-33-10-12-35(13-11-33)47-30(4)55-27-68-47)61-25-37(24-56-61)36-8-7-9-40(20-36)67-19-18-53-43(64)22-41-48-59-58-32(6)62(48)51-44(29(3)31(5)69-51)45(57-41)34-14-16-38(52)17-15-34/h7-17,20,24-25,27-28,39,41-42,46,63H,18-19,21-23,26H2,1-6H3,(H,53,64)(H,54,65)/t39-,41+,42+,46+/m1/s1. The number of hydrogen-bond acceptors (Lipinski definition) is 12. The number of nitrogens with one attached hydrogen (secondary N) is 2. The Hall–Kier alpha value is -6.53. The van der Waals surface area contributed by atoms with Gasteiger partial charge in [0.05, 0.1) is 47.1 Å². The average molecular weight is 986 g/mol. The molecule has 0 bridgehead atoms. The van der Waals surface area contributed by atoms with Crippen LogP contribution in [0.25, 0.3) is 26.6 Å². The first-order chi connectivity index (χ1) is 33.2. The number of rotatable bonds is 15. The van der Waals surface area contributed by atoms with E-state index in [-0.39, 0.29) is 62.7 Å². The molecule has 15 nitrogen and oxygen atoms in total. The largest absolute Gasteiger partial charge is 0.492 e. The fourth-order valence-corrected chi connectivity index (χ4v) is 11.1. The number of hydrogen-bond donors (Lipinski definition) is 3. The van der Waals surface area contributed by atoms with E-state index in [4.69, 9.17) is 21.3 Å². The van der Waals surface area contributed by atoms with Gasteiger partial charge in [0.15, 0.2) is 5.82 Å². The van der Waals surface area contributed by atoms with Crippen molar-refractivity contribution in [3.63, 3.8) is 0 Å². The molecule has 2 aliphatic heterocycles. The summed E-state index contributed by atoms with van der Waals surface area (Å²) in [4.78, 5) is 54.8. The number of thiophene rings is 1. The summed E-state index contributed by atoms with van der Waals surface area (Å²) in [5, 5.41) is 31.9. The molecule has 4 atom stereocenters. The molecule has 7 aromatic rings. The minimum atomic E-state index is -0.829. The molecule has 0 spiro atoms. The van der Waals surface area contributed by atoms with Crippen molar-refractivity contribution in [2.24, 2.45) is 10.9 Å². The molecule has 0 radical (unpaired) electrons. The minimum absolute atomic E-state index is 0.0506. The van der Waals surface area contributed by atoms with Crippen molar-refractivity contribution in [1.82, 2.24) is 45.1 Å². The van der Waals surface area contributed by atoms with Gasteiger partial charge < -0.3 is 25.4 Å². The average Bonchev–Trinajstić information content (AvgIpc) is 4.18. The minimum Gasteiger partial charge on any atom is -0.492 e. The Kier molecular flexibility index (Phi) is 13.9. The number of aryl methyl sites for hydroxylation is 3. The third kappa shape index (κ3) is 10.00. The lowest BCUT2D eigenvalue weighted by Crippen LogP contribution is -2.49. The van der Waals surface area contributed by atoms with Crippen LogP contribution < -0.4 is 15.4 Å². The molecular weight excluding hydrogens is 932 g/mol. The molecule has 0 aliphatic carbocycles. The summed E-state index contributed by atoms with van der Waals surface area (Å²) in [6.07, 6.45) is 2.89. The highest BCUT2D eigenvalue weighted by atomic mass is 35.5. The van der Waals surface area contributed by atoms with Crippen LogP contribution in [0.1, 0.15) is 83.2 Å². The molecule has 1 saturated heterocycles. The summed E-state index contributed by atoms with van der Waals surface area (Å²) >= 11 is 9.51. The maximum Gasteiger partial charge on any atom is 0.248 e. The molecule has 3 aromatic carbocycles. The molecule has 3 amide bonds. The van der Waals surface area contributed by atoms with Gasteiger partial charge in [0.2, 0.25) is 17.7 Å². The van der Waals surface area contributed by atoms with Gasteiger partial charge in [0, 0.05) is 52.3 Å². The van der Waals surface area contributed by atoms with E-state index in [2.05, 4.69) is 44.8 Å². The first-order valence-corrected chi connectivity index (χ1v) is 25.0. The van der Waals surface area contributed by atoms with E-state index < -0.39 is 24.2 Å². The highest BCUT2D eigenvalue weighted by molar-refractivity contribution is 7.15. The van der Waals surface area contributed by atoms with Crippen molar-refractivity contribution >= 4 is 57.7 Å². The molecule has 4 aromatic heterocycles. The number of nitrogens with zero attached hydrogens (tertiary/aromatic N) is 8. The molecule has 2 aliphatic rings. The molecule has 18 heteroatoms. The predicted molar refractivity (Wildman–Crippen MR) is 268 cm³/mol. The number of β-amino-alcohol motifs (C(OH)–C–C–N with tert-alkyl or cyclic N) is 1. The Labute approximate surface area is 413 Å². The molecule has 0 unspecified atom stereocenters. The van der Waals surface area contributed by atoms with Gasteiger partial charge in [-0.25, -0.2) is 4.98 Å². The van der Waals surface area contributed by atoms with Crippen LogP contribution in [0.4, 0.5) is 0 Å². The molecule has 9 rings (SSSR count). The fourth-order valence-electron chi connectivity index (χ4n) is 8.98. The molecule has 356 valence electrons. The predicted octanol–water partition coefficient (Wildman–Crippen LogP) is 8.16. The third-order valence-corrected chi connectivity index (χ3v) is 15.1. The lowest BCUT2D eigenvalue weighted by molar-refractivity contribution is -0.142. The molecule has 3 N–H and O–H groups in total. The van der Waals surface area contributed by atoms with Crippen LogP contribution in [0.15, 0.2) is 95.7 Å². The molecular formula is C51H53ClN10O5S2. The summed E-state index contributed by atoms with van der Waals surface area (Å²) in [7, 11) is 0. The summed E-state index contributed by atoms with van der Waals surface area (Å²) in [5.74, 6) is 0.932. The number of halogens is 1. The number of ether oxygens (including phenoxy) is 1. The SMILES string of the molecule is Cc1ncsc1-c1ccc(CNC(=O)[C@@H]2C[C@@H](O)CN2C(=O)[C@H](C(C)C)n2cc(-c3cccc(OCCNC(=O)C[C@@H]4N=C(c5ccc(Cl)cc5)c5c(sc(C)c5C)-n5c(C)nnc54)c3)cn2)cc1. The Morgan fingerprint density at radius 2 is 1.71 bits per heavy atom. The van der Waals surface area contributed by atoms with Crippen molar-refractivity contribution in [3.8, 4) is 32.3 Å². The second-order valence-corrected chi connectivity index (χ2v) is 20.3. The van der Waals surface area contributed by atoms with Gasteiger partial charge in [-0.2, -0.15) is 5.10 Å². The second kappa shape index (κ2) is 20.2. The number of aliphatic hydroxyl groups excluding tert-OH is 1. The molecule has 6 heterocycles. The Bertz CT molecular complexity index is 3050. The van der Waals surface area contributed by atoms with Crippen molar-refractivity contribution in [1.29, 1.82) is 0 Å². The van der Waals surface area contributed by atoms with E-state index in [1.165, 1.54) is 9.78 Å². The summed E-state index contributed by atoms with van der Waals surface area (Å²) in [6, 6.07) is 20.9. The van der Waals surface area contributed by atoms with Crippen molar-refractivity contribution in [3.05, 3.63) is 140 Å². The van der Waals surface area contributed by atoms with Crippen LogP contribution >= 0.6 is 34.3 Å². The number of aliphatic hydroxyl groups is 1. The summed E-state index contributed by atoms with van der Waals surface area (Å²) in [5.41, 5.74) is 10.2. The van der Waals surface area contributed by atoms with Gasteiger partial charge in [-0.3, -0.25) is 28.6 Å². The molecule has 1 fully saturated rings. The lowest BCUT2D eigenvalue weighted by Gasteiger charge is -2.30. The van der Waals surface area contributed by atoms with Crippen molar-refractivity contribution < 1.29 is 24.2 Å². The van der Waals surface area contributed by atoms with Gasteiger partial charge in [-0.05, 0) is 80.1 Å². The highest BCUT2D eigenvalue weighted by Gasteiger charge is 2.42. The quantitative estimate of drug-likeness (QED) is 0.0855. The zero-order valence-electron chi connectivity index (χ0n) is 39.1. The van der Waals surface area contributed by atoms with Gasteiger partial charge >= 0.3 is 0 Å². The number of amides is 3. The normalized spacial score (nSPS) is 17.0. The van der Waals surface area contributed by atoms with Crippen LogP contribution in [0.2, 0.25) is 5.02 Å². The number of fused-ring (bicyclic) bond motifs is 3. The van der Waals surface area contributed by atoms with Crippen LogP contribution in [0, 0.1) is 33.6 Å².